The maximum absolute atomic E-state index is 13.1. The van der Waals surface area contributed by atoms with E-state index in [1.54, 1.807) is 12.1 Å². The molecule has 0 heterocycles. The minimum atomic E-state index is -0.402. The fourth-order valence-electron chi connectivity index (χ4n) is 1.84. The van der Waals surface area contributed by atoms with Gasteiger partial charge in [0.2, 0.25) is 0 Å². The fraction of sp³-hybridized carbons (Fsp3) is 0.294. The lowest BCUT2D eigenvalue weighted by molar-refractivity contribution is 0.272. The molecule has 0 spiro atoms. The molecule has 0 aliphatic carbocycles. The van der Waals surface area contributed by atoms with Crippen LogP contribution >= 0.6 is 11.6 Å². The zero-order valence-corrected chi connectivity index (χ0v) is 13.0. The first-order chi connectivity index (χ1) is 10.1. The molecule has 0 atom stereocenters. The van der Waals surface area contributed by atoms with Gasteiger partial charge in [0.15, 0.2) is 0 Å². The molecule has 0 fully saturated rings. The van der Waals surface area contributed by atoms with E-state index >= 15 is 0 Å². The summed E-state index contributed by atoms with van der Waals surface area (Å²) in [5.74, 6) is 0.884. The molecule has 0 amide bonds. The maximum Gasteiger partial charge on any atom is 0.142 e. The van der Waals surface area contributed by atoms with Gasteiger partial charge in [-0.3, -0.25) is 0 Å². The van der Waals surface area contributed by atoms with Gasteiger partial charge in [-0.2, -0.15) is 0 Å². The summed E-state index contributed by atoms with van der Waals surface area (Å²) in [4.78, 5) is 0. The van der Waals surface area contributed by atoms with E-state index in [-0.39, 0.29) is 5.02 Å². The molecule has 2 rings (SSSR count). The molecular weight excluding hydrogens is 289 g/mol. The highest BCUT2D eigenvalue weighted by Crippen LogP contribution is 2.25. The Balaban J connectivity index is 2.03. The SMILES string of the molecule is CC(C)COc1ccccc1NCc1ccc(F)c(Cl)c1. The second-order valence-electron chi connectivity index (χ2n) is 5.30. The summed E-state index contributed by atoms with van der Waals surface area (Å²) in [5.41, 5.74) is 1.83. The summed E-state index contributed by atoms with van der Waals surface area (Å²) < 4.78 is 18.9. The molecule has 0 aliphatic heterocycles. The minimum Gasteiger partial charge on any atom is -0.491 e. The number of anilines is 1. The topological polar surface area (TPSA) is 21.3 Å². The Morgan fingerprint density at radius 1 is 1.19 bits per heavy atom. The lowest BCUT2D eigenvalue weighted by atomic mass is 10.2. The van der Waals surface area contributed by atoms with Crippen molar-refractivity contribution in [2.75, 3.05) is 11.9 Å². The Bertz CT molecular complexity index is 601. The van der Waals surface area contributed by atoms with Crippen LogP contribution in [0.25, 0.3) is 0 Å². The summed E-state index contributed by atoms with van der Waals surface area (Å²) in [7, 11) is 0. The highest BCUT2D eigenvalue weighted by Gasteiger charge is 2.05. The molecule has 4 heteroatoms. The number of rotatable bonds is 6. The van der Waals surface area contributed by atoms with Crippen LogP contribution in [-0.4, -0.2) is 6.61 Å². The summed E-state index contributed by atoms with van der Waals surface area (Å²) in [5, 5.41) is 3.43. The summed E-state index contributed by atoms with van der Waals surface area (Å²) >= 11 is 5.78. The smallest absolute Gasteiger partial charge is 0.142 e. The van der Waals surface area contributed by atoms with Crippen LogP contribution in [0.5, 0.6) is 5.75 Å². The van der Waals surface area contributed by atoms with Crippen LogP contribution in [0.3, 0.4) is 0 Å². The van der Waals surface area contributed by atoms with Gasteiger partial charge < -0.3 is 10.1 Å². The van der Waals surface area contributed by atoms with Crippen LogP contribution in [0.4, 0.5) is 10.1 Å². The largest absolute Gasteiger partial charge is 0.491 e. The van der Waals surface area contributed by atoms with Crippen molar-refractivity contribution in [3.05, 3.63) is 58.9 Å². The zero-order valence-electron chi connectivity index (χ0n) is 12.2. The molecular formula is C17H19ClFNO. The zero-order chi connectivity index (χ0) is 15.2. The van der Waals surface area contributed by atoms with Crippen LogP contribution < -0.4 is 10.1 Å². The molecule has 2 aromatic rings. The molecule has 0 unspecified atom stereocenters. The lowest BCUT2D eigenvalue weighted by Crippen LogP contribution is -2.07. The fourth-order valence-corrected chi connectivity index (χ4v) is 2.05. The van der Waals surface area contributed by atoms with E-state index in [1.807, 2.05) is 24.3 Å². The molecule has 0 bridgehead atoms. The number of nitrogens with one attached hydrogen (secondary N) is 1. The molecule has 0 saturated heterocycles. The Hall–Kier alpha value is -1.74. The Labute approximate surface area is 129 Å². The second-order valence-corrected chi connectivity index (χ2v) is 5.71. The van der Waals surface area contributed by atoms with Crippen molar-refractivity contribution in [1.82, 2.24) is 0 Å². The minimum absolute atomic E-state index is 0.138. The van der Waals surface area contributed by atoms with Crippen LogP contribution in [0.2, 0.25) is 5.02 Å². The normalized spacial score (nSPS) is 10.7. The monoisotopic (exact) mass is 307 g/mol. The average molecular weight is 308 g/mol. The van der Waals surface area contributed by atoms with Gasteiger partial charge in [0.25, 0.3) is 0 Å². The first kappa shape index (κ1) is 15.6. The van der Waals surface area contributed by atoms with Crippen LogP contribution in [-0.2, 0) is 6.54 Å². The number of halogens is 2. The Morgan fingerprint density at radius 2 is 1.95 bits per heavy atom. The molecule has 2 aromatic carbocycles. The second kappa shape index (κ2) is 7.32. The van der Waals surface area contributed by atoms with Crippen LogP contribution in [0.15, 0.2) is 42.5 Å². The molecule has 2 nitrogen and oxygen atoms in total. The van der Waals surface area contributed by atoms with Crippen molar-refractivity contribution < 1.29 is 9.13 Å². The van der Waals surface area contributed by atoms with Crippen LogP contribution in [0, 0.1) is 11.7 Å². The van der Waals surface area contributed by atoms with Gasteiger partial charge in [-0.1, -0.05) is 43.6 Å². The lowest BCUT2D eigenvalue weighted by Gasteiger charge is -2.14. The number of benzene rings is 2. The van der Waals surface area contributed by atoms with Gasteiger partial charge in [0.1, 0.15) is 11.6 Å². The van der Waals surface area contributed by atoms with E-state index in [1.165, 1.54) is 6.07 Å². The van der Waals surface area contributed by atoms with Gasteiger partial charge in [-0.05, 0) is 35.7 Å². The number of ether oxygens (including phenoxy) is 1. The summed E-state index contributed by atoms with van der Waals surface area (Å²) in [6, 6.07) is 12.5. The molecule has 0 aromatic heterocycles. The number of hydrogen-bond donors (Lipinski definition) is 1. The van der Waals surface area contributed by atoms with Gasteiger partial charge in [0.05, 0.1) is 17.3 Å². The highest BCUT2D eigenvalue weighted by molar-refractivity contribution is 6.30. The Kier molecular flexibility index (Phi) is 5.45. The van der Waals surface area contributed by atoms with Crippen molar-refractivity contribution >= 4 is 17.3 Å². The van der Waals surface area contributed by atoms with Gasteiger partial charge in [-0.25, -0.2) is 4.39 Å². The van der Waals surface area contributed by atoms with Crippen molar-refractivity contribution in [1.29, 1.82) is 0 Å². The molecule has 0 saturated carbocycles. The van der Waals surface area contributed by atoms with Gasteiger partial charge >= 0.3 is 0 Å². The van der Waals surface area contributed by atoms with E-state index < -0.39 is 5.82 Å². The summed E-state index contributed by atoms with van der Waals surface area (Å²) in [6.07, 6.45) is 0. The van der Waals surface area contributed by atoms with E-state index in [2.05, 4.69) is 19.2 Å². The Morgan fingerprint density at radius 3 is 2.67 bits per heavy atom. The van der Waals surface area contributed by atoms with Crippen molar-refractivity contribution in [2.24, 2.45) is 5.92 Å². The maximum atomic E-state index is 13.1. The third-order valence-electron chi connectivity index (χ3n) is 2.93. The van der Waals surface area contributed by atoms with Gasteiger partial charge in [-0.15, -0.1) is 0 Å². The van der Waals surface area contributed by atoms with E-state index in [4.69, 9.17) is 16.3 Å². The predicted molar refractivity (Wildman–Crippen MR) is 85.5 cm³/mol. The first-order valence-corrected chi connectivity index (χ1v) is 7.33. The average Bonchev–Trinajstić information content (AvgIpc) is 2.47. The number of hydrogen-bond acceptors (Lipinski definition) is 2. The van der Waals surface area contributed by atoms with Crippen LogP contribution in [0.1, 0.15) is 19.4 Å². The van der Waals surface area contributed by atoms with Gasteiger partial charge in [0, 0.05) is 6.54 Å². The molecule has 21 heavy (non-hydrogen) atoms. The van der Waals surface area contributed by atoms with Crippen molar-refractivity contribution in [3.8, 4) is 5.75 Å². The van der Waals surface area contributed by atoms with Crippen molar-refractivity contribution in [3.63, 3.8) is 0 Å². The standard InChI is InChI=1S/C17H19ClFNO/c1-12(2)11-21-17-6-4-3-5-16(17)20-10-13-7-8-15(19)14(18)9-13/h3-9,12,20H,10-11H2,1-2H3. The predicted octanol–water partition coefficient (Wildman–Crippen LogP) is 5.13. The highest BCUT2D eigenvalue weighted by atomic mass is 35.5. The van der Waals surface area contributed by atoms with E-state index in [0.717, 1.165) is 17.0 Å². The van der Waals surface area contributed by atoms with E-state index in [9.17, 15) is 4.39 Å². The molecule has 1 N–H and O–H groups in total. The molecule has 0 radical (unpaired) electrons. The third kappa shape index (κ3) is 4.64. The molecule has 112 valence electrons. The first-order valence-electron chi connectivity index (χ1n) is 6.96. The summed E-state index contributed by atoms with van der Waals surface area (Å²) in [6.45, 7) is 5.44. The third-order valence-corrected chi connectivity index (χ3v) is 3.22. The number of para-hydroxylation sites is 2. The molecule has 0 aliphatic rings. The van der Waals surface area contributed by atoms with E-state index in [0.29, 0.717) is 19.1 Å². The van der Waals surface area contributed by atoms with Crippen molar-refractivity contribution in [2.45, 2.75) is 20.4 Å². The quantitative estimate of drug-likeness (QED) is 0.799.